The zero-order valence-corrected chi connectivity index (χ0v) is 15.8. The van der Waals surface area contributed by atoms with Crippen molar-refractivity contribution in [3.05, 3.63) is 0 Å². The molecule has 0 aliphatic carbocycles. The number of aliphatic imine (C=N–C) groups is 1. The fraction of sp³-hybridized carbons (Fsp3) is 0.944. The first-order chi connectivity index (χ1) is 10.9. The van der Waals surface area contributed by atoms with Crippen molar-refractivity contribution in [1.29, 1.82) is 0 Å². The monoisotopic (exact) mass is 324 g/mol. The molecule has 0 bridgehead atoms. The highest BCUT2D eigenvalue weighted by Crippen LogP contribution is 2.46. The topological polar surface area (TPSA) is 40.1 Å². The Morgan fingerprint density at radius 2 is 1.83 bits per heavy atom. The van der Waals surface area contributed by atoms with Crippen LogP contribution in [0.2, 0.25) is 0 Å². The lowest BCUT2D eigenvalue weighted by Crippen LogP contribution is -2.72. The van der Waals surface area contributed by atoms with Gasteiger partial charge in [0.05, 0.1) is 13.2 Å². The highest BCUT2D eigenvalue weighted by molar-refractivity contribution is 5.82. The normalized spacial score (nSPS) is 24.4. The summed E-state index contributed by atoms with van der Waals surface area (Å²) in [6.45, 7) is 19.5. The molecule has 134 valence electrons. The minimum absolute atomic E-state index is 0.168. The van der Waals surface area contributed by atoms with E-state index in [1.807, 2.05) is 0 Å². The number of unbranched alkanes of at least 4 members (excludes halogenated alkanes) is 1. The van der Waals surface area contributed by atoms with Gasteiger partial charge in [-0.05, 0) is 40.2 Å². The van der Waals surface area contributed by atoms with Gasteiger partial charge in [-0.2, -0.15) is 0 Å². The van der Waals surface area contributed by atoms with Crippen LogP contribution in [-0.2, 0) is 4.74 Å². The summed E-state index contributed by atoms with van der Waals surface area (Å²) in [5, 5.41) is 3.47. The van der Waals surface area contributed by atoms with E-state index in [2.05, 4.69) is 49.7 Å². The number of likely N-dealkylation sites (tertiary alicyclic amines) is 1. The fourth-order valence-electron chi connectivity index (χ4n) is 3.25. The van der Waals surface area contributed by atoms with Crippen molar-refractivity contribution in [3.63, 3.8) is 0 Å². The molecule has 0 amide bonds. The molecule has 0 aromatic rings. The van der Waals surface area contributed by atoms with Gasteiger partial charge in [-0.1, -0.05) is 13.8 Å². The van der Waals surface area contributed by atoms with E-state index in [1.165, 1.54) is 13.0 Å². The Balaban J connectivity index is 1.76. The summed E-state index contributed by atoms with van der Waals surface area (Å²) in [6.07, 6.45) is 2.38. The molecule has 23 heavy (non-hydrogen) atoms. The molecule has 2 aliphatic heterocycles. The molecule has 2 saturated heterocycles. The number of rotatable bonds is 6. The summed E-state index contributed by atoms with van der Waals surface area (Å²) < 4.78 is 5.39. The molecule has 0 radical (unpaired) electrons. The highest BCUT2D eigenvalue weighted by atomic mass is 16.5. The van der Waals surface area contributed by atoms with Gasteiger partial charge in [0.25, 0.3) is 0 Å². The number of nitrogens with one attached hydrogen (secondary N) is 1. The first-order valence-corrected chi connectivity index (χ1v) is 9.24. The average molecular weight is 325 g/mol. The summed E-state index contributed by atoms with van der Waals surface area (Å²) in [7, 11) is 0. The number of hydrogen-bond acceptors (Lipinski definition) is 3. The molecule has 5 heteroatoms. The molecule has 1 N–H and O–H groups in total. The summed E-state index contributed by atoms with van der Waals surface area (Å²) in [5.41, 5.74) is 0.515. The molecule has 2 heterocycles. The molecular weight excluding hydrogens is 288 g/mol. The summed E-state index contributed by atoms with van der Waals surface area (Å²) in [5.74, 6) is 1.09. The SMILES string of the molecule is CCNC(=NCCCCN1CCOCC1)N1CC(C)(C)C1(C)C. The zero-order valence-electron chi connectivity index (χ0n) is 15.8. The van der Waals surface area contributed by atoms with Crippen LogP contribution in [0.1, 0.15) is 47.5 Å². The molecule has 2 fully saturated rings. The zero-order chi connectivity index (χ0) is 16.9. The second-order valence-electron chi connectivity index (χ2n) is 7.93. The van der Waals surface area contributed by atoms with Gasteiger partial charge < -0.3 is 15.0 Å². The minimum atomic E-state index is 0.168. The quantitative estimate of drug-likeness (QED) is 0.462. The third-order valence-electron chi connectivity index (χ3n) is 5.72. The summed E-state index contributed by atoms with van der Waals surface area (Å²) >= 11 is 0. The van der Waals surface area contributed by atoms with Crippen molar-refractivity contribution in [2.45, 2.75) is 53.0 Å². The van der Waals surface area contributed by atoms with Gasteiger partial charge >= 0.3 is 0 Å². The fourth-order valence-corrected chi connectivity index (χ4v) is 3.25. The van der Waals surface area contributed by atoms with Crippen LogP contribution in [0, 0.1) is 5.41 Å². The number of morpholine rings is 1. The van der Waals surface area contributed by atoms with E-state index in [0.717, 1.165) is 58.3 Å². The van der Waals surface area contributed by atoms with Gasteiger partial charge in [-0.25, -0.2) is 0 Å². The number of guanidine groups is 1. The number of ether oxygens (including phenoxy) is 1. The van der Waals surface area contributed by atoms with Crippen LogP contribution in [0.4, 0.5) is 0 Å². The molecule has 2 aliphatic rings. The molecular formula is C18H36N4O. The molecule has 0 aromatic heterocycles. The Labute approximate surface area is 142 Å². The smallest absolute Gasteiger partial charge is 0.194 e. The Morgan fingerprint density at radius 3 is 2.39 bits per heavy atom. The standard InChI is InChI=1S/C18H36N4O/c1-6-19-16(22-15-17(2,3)18(22,4)5)20-9-7-8-10-21-11-13-23-14-12-21/h6-15H2,1-5H3,(H,19,20). The van der Waals surface area contributed by atoms with Gasteiger partial charge in [-0.15, -0.1) is 0 Å². The van der Waals surface area contributed by atoms with Crippen molar-refractivity contribution in [1.82, 2.24) is 15.1 Å². The van der Waals surface area contributed by atoms with Gasteiger partial charge in [-0.3, -0.25) is 9.89 Å². The van der Waals surface area contributed by atoms with E-state index in [9.17, 15) is 0 Å². The first-order valence-electron chi connectivity index (χ1n) is 9.24. The van der Waals surface area contributed by atoms with Crippen LogP contribution in [-0.4, -0.2) is 73.8 Å². The summed E-state index contributed by atoms with van der Waals surface area (Å²) in [6, 6.07) is 0. The largest absolute Gasteiger partial charge is 0.379 e. The molecule has 0 atom stereocenters. The Hall–Kier alpha value is -0.810. The lowest BCUT2D eigenvalue weighted by Gasteiger charge is -2.62. The minimum Gasteiger partial charge on any atom is -0.379 e. The van der Waals surface area contributed by atoms with Crippen molar-refractivity contribution >= 4 is 5.96 Å². The third kappa shape index (κ3) is 4.38. The Bertz CT molecular complexity index is 400. The molecule has 0 unspecified atom stereocenters. The molecule has 2 rings (SSSR count). The molecule has 0 aromatic carbocycles. The van der Waals surface area contributed by atoms with Crippen molar-refractivity contribution < 1.29 is 4.74 Å². The van der Waals surface area contributed by atoms with E-state index in [-0.39, 0.29) is 5.54 Å². The van der Waals surface area contributed by atoms with Crippen LogP contribution < -0.4 is 5.32 Å². The van der Waals surface area contributed by atoms with Crippen LogP contribution in [0.15, 0.2) is 4.99 Å². The molecule has 0 saturated carbocycles. The predicted molar refractivity (Wildman–Crippen MR) is 97.0 cm³/mol. The van der Waals surface area contributed by atoms with Gasteiger partial charge in [0, 0.05) is 43.7 Å². The van der Waals surface area contributed by atoms with E-state index in [0.29, 0.717) is 5.41 Å². The van der Waals surface area contributed by atoms with Crippen LogP contribution in [0.5, 0.6) is 0 Å². The average Bonchev–Trinajstić information content (AvgIpc) is 2.52. The Morgan fingerprint density at radius 1 is 1.13 bits per heavy atom. The van der Waals surface area contributed by atoms with E-state index in [4.69, 9.17) is 9.73 Å². The first kappa shape index (κ1) is 18.5. The van der Waals surface area contributed by atoms with E-state index in [1.54, 1.807) is 0 Å². The van der Waals surface area contributed by atoms with Gasteiger partial charge in [0.15, 0.2) is 5.96 Å². The summed E-state index contributed by atoms with van der Waals surface area (Å²) in [4.78, 5) is 9.80. The maximum absolute atomic E-state index is 5.39. The van der Waals surface area contributed by atoms with Gasteiger partial charge in [0.2, 0.25) is 0 Å². The lowest BCUT2D eigenvalue weighted by molar-refractivity contribution is -0.0667. The number of hydrogen-bond donors (Lipinski definition) is 1. The van der Waals surface area contributed by atoms with Crippen molar-refractivity contribution in [2.75, 3.05) is 52.5 Å². The maximum atomic E-state index is 5.39. The van der Waals surface area contributed by atoms with Crippen LogP contribution in [0.3, 0.4) is 0 Å². The number of nitrogens with zero attached hydrogens (tertiary/aromatic N) is 3. The second kappa shape index (κ2) is 7.84. The van der Waals surface area contributed by atoms with Crippen molar-refractivity contribution in [2.24, 2.45) is 10.4 Å². The Kier molecular flexibility index (Phi) is 6.32. The second-order valence-corrected chi connectivity index (χ2v) is 7.93. The highest BCUT2D eigenvalue weighted by Gasteiger charge is 2.53. The third-order valence-corrected chi connectivity index (χ3v) is 5.72. The molecule has 5 nitrogen and oxygen atoms in total. The van der Waals surface area contributed by atoms with Crippen LogP contribution in [0.25, 0.3) is 0 Å². The van der Waals surface area contributed by atoms with E-state index < -0.39 is 0 Å². The van der Waals surface area contributed by atoms with Crippen LogP contribution >= 0.6 is 0 Å². The maximum Gasteiger partial charge on any atom is 0.194 e. The lowest BCUT2D eigenvalue weighted by atomic mass is 9.65. The van der Waals surface area contributed by atoms with Gasteiger partial charge in [0.1, 0.15) is 0 Å². The predicted octanol–water partition coefficient (Wildman–Crippen LogP) is 2.18. The molecule has 0 spiro atoms. The van der Waals surface area contributed by atoms with E-state index >= 15 is 0 Å². The van der Waals surface area contributed by atoms with Crippen molar-refractivity contribution in [3.8, 4) is 0 Å².